The zero-order chi connectivity index (χ0) is 16.9. The van der Waals surface area contributed by atoms with E-state index in [2.05, 4.69) is 36.1 Å². The van der Waals surface area contributed by atoms with Gasteiger partial charge in [-0.3, -0.25) is 4.79 Å². The molecular weight excluding hydrogens is 298 g/mol. The molecule has 3 nitrogen and oxygen atoms in total. The maximum atomic E-state index is 13.0. The molecule has 3 heteroatoms. The molecule has 126 valence electrons. The Morgan fingerprint density at radius 1 is 1.21 bits per heavy atom. The van der Waals surface area contributed by atoms with E-state index >= 15 is 0 Å². The maximum Gasteiger partial charge on any atom is 0.254 e. The summed E-state index contributed by atoms with van der Waals surface area (Å²) in [5, 5.41) is 0. The Bertz CT molecular complexity index is 683. The van der Waals surface area contributed by atoms with E-state index in [1.54, 1.807) is 7.11 Å². The molecule has 3 rings (SSSR count). The van der Waals surface area contributed by atoms with Crippen molar-refractivity contribution in [2.75, 3.05) is 13.7 Å². The normalized spacial score (nSPS) is 18.4. The zero-order valence-corrected chi connectivity index (χ0v) is 14.4. The zero-order valence-electron chi connectivity index (χ0n) is 14.4. The van der Waals surface area contributed by atoms with Gasteiger partial charge in [0.05, 0.1) is 7.11 Å². The Balaban J connectivity index is 1.85. The van der Waals surface area contributed by atoms with Gasteiger partial charge in [0.15, 0.2) is 0 Å². The Morgan fingerprint density at radius 2 is 2.00 bits per heavy atom. The van der Waals surface area contributed by atoms with Gasteiger partial charge < -0.3 is 9.64 Å². The number of rotatable bonds is 5. The van der Waals surface area contributed by atoms with Gasteiger partial charge in [-0.1, -0.05) is 43.3 Å². The molecule has 0 aliphatic carbocycles. The predicted octanol–water partition coefficient (Wildman–Crippen LogP) is 4.49. The number of methoxy groups -OCH3 is 1. The van der Waals surface area contributed by atoms with Crippen LogP contribution in [0.1, 0.15) is 48.0 Å². The van der Waals surface area contributed by atoms with Crippen molar-refractivity contribution in [2.24, 2.45) is 0 Å². The quantitative estimate of drug-likeness (QED) is 0.811. The Morgan fingerprint density at radius 3 is 2.71 bits per heavy atom. The number of carbonyl (C=O) groups is 1. The van der Waals surface area contributed by atoms with E-state index in [9.17, 15) is 4.79 Å². The van der Waals surface area contributed by atoms with Gasteiger partial charge in [-0.2, -0.15) is 0 Å². The summed E-state index contributed by atoms with van der Waals surface area (Å²) >= 11 is 0. The predicted molar refractivity (Wildman–Crippen MR) is 96.5 cm³/mol. The third kappa shape index (κ3) is 3.30. The van der Waals surface area contributed by atoms with Crippen LogP contribution in [0.2, 0.25) is 0 Å². The summed E-state index contributed by atoms with van der Waals surface area (Å²) in [5.41, 5.74) is 2.04. The van der Waals surface area contributed by atoms with Crippen LogP contribution in [0.3, 0.4) is 0 Å². The van der Waals surface area contributed by atoms with Gasteiger partial charge in [-0.25, -0.2) is 0 Å². The molecule has 1 heterocycles. The molecule has 0 saturated carbocycles. The van der Waals surface area contributed by atoms with Gasteiger partial charge in [0, 0.05) is 24.1 Å². The fraction of sp³-hybridized carbons (Fsp3) is 0.381. The minimum atomic E-state index is 0.116. The largest absolute Gasteiger partial charge is 0.497 e. The fourth-order valence-corrected chi connectivity index (χ4v) is 3.82. The van der Waals surface area contributed by atoms with Crippen molar-refractivity contribution >= 4 is 5.91 Å². The highest BCUT2D eigenvalue weighted by molar-refractivity contribution is 5.95. The third-order valence-corrected chi connectivity index (χ3v) is 5.01. The molecule has 0 unspecified atom stereocenters. The van der Waals surface area contributed by atoms with Crippen LogP contribution < -0.4 is 4.74 Å². The third-order valence-electron chi connectivity index (χ3n) is 5.01. The monoisotopic (exact) mass is 323 g/mol. The average molecular weight is 323 g/mol. The van der Waals surface area contributed by atoms with Crippen molar-refractivity contribution < 1.29 is 9.53 Å². The molecule has 1 aliphatic rings. The maximum absolute atomic E-state index is 13.0. The number of ether oxygens (including phenoxy) is 1. The molecule has 2 aromatic carbocycles. The number of nitrogens with zero attached hydrogens (tertiary/aromatic N) is 1. The van der Waals surface area contributed by atoms with E-state index < -0.39 is 0 Å². The average Bonchev–Trinajstić information content (AvgIpc) is 3.12. The smallest absolute Gasteiger partial charge is 0.254 e. The standard InChI is InChI=1S/C21H25NO2/c1-3-19(16-9-5-4-6-10-16)20-13-8-14-22(20)21(23)17-11-7-12-18(15-17)24-2/h4-7,9-12,15,19-20H,3,8,13-14H2,1-2H3/t19-,20-/m0/s1. The van der Waals surface area contributed by atoms with E-state index in [1.165, 1.54) is 5.56 Å². The van der Waals surface area contributed by atoms with Crippen LogP contribution in [0.25, 0.3) is 0 Å². The molecule has 1 saturated heterocycles. The van der Waals surface area contributed by atoms with Crippen molar-refractivity contribution in [2.45, 2.75) is 38.1 Å². The van der Waals surface area contributed by atoms with Crippen LogP contribution in [0.4, 0.5) is 0 Å². The number of hydrogen-bond acceptors (Lipinski definition) is 2. The molecule has 0 aromatic heterocycles. The summed E-state index contributed by atoms with van der Waals surface area (Å²) in [6, 6.07) is 18.3. The molecule has 1 fully saturated rings. The molecule has 1 amide bonds. The first kappa shape index (κ1) is 16.6. The lowest BCUT2D eigenvalue weighted by atomic mass is 9.87. The summed E-state index contributed by atoms with van der Waals surface area (Å²) < 4.78 is 5.26. The van der Waals surface area contributed by atoms with Gasteiger partial charge in [0.1, 0.15) is 5.75 Å². The van der Waals surface area contributed by atoms with Gasteiger partial charge in [-0.15, -0.1) is 0 Å². The first-order valence-electron chi connectivity index (χ1n) is 8.74. The SMILES string of the molecule is CC[C@@H](c1ccccc1)[C@@H]1CCCN1C(=O)c1cccc(OC)c1. The summed E-state index contributed by atoms with van der Waals surface area (Å²) in [4.78, 5) is 15.1. The highest BCUT2D eigenvalue weighted by Gasteiger charge is 2.35. The van der Waals surface area contributed by atoms with E-state index in [-0.39, 0.29) is 11.9 Å². The van der Waals surface area contributed by atoms with E-state index in [1.807, 2.05) is 30.3 Å². The summed E-state index contributed by atoms with van der Waals surface area (Å²) in [6.45, 7) is 3.05. The first-order valence-corrected chi connectivity index (χ1v) is 8.74. The van der Waals surface area contributed by atoms with Crippen LogP contribution >= 0.6 is 0 Å². The number of carbonyl (C=O) groups excluding carboxylic acids is 1. The van der Waals surface area contributed by atoms with Gasteiger partial charge >= 0.3 is 0 Å². The van der Waals surface area contributed by atoms with Crippen LogP contribution in [0.5, 0.6) is 5.75 Å². The Kier molecular flexibility index (Phi) is 5.19. The van der Waals surface area contributed by atoms with E-state index in [0.29, 0.717) is 11.5 Å². The van der Waals surface area contributed by atoms with Crippen molar-refractivity contribution in [3.05, 3.63) is 65.7 Å². The minimum absolute atomic E-state index is 0.116. The molecule has 2 atom stereocenters. The first-order chi connectivity index (χ1) is 11.7. The second-order valence-electron chi connectivity index (χ2n) is 6.37. The number of hydrogen-bond donors (Lipinski definition) is 0. The van der Waals surface area contributed by atoms with E-state index in [0.717, 1.165) is 31.6 Å². The molecule has 0 spiro atoms. The highest BCUT2D eigenvalue weighted by atomic mass is 16.5. The van der Waals surface area contributed by atoms with E-state index in [4.69, 9.17) is 4.74 Å². The second-order valence-corrected chi connectivity index (χ2v) is 6.37. The highest BCUT2D eigenvalue weighted by Crippen LogP contribution is 2.34. The van der Waals surface area contributed by atoms with Crippen molar-refractivity contribution in [3.63, 3.8) is 0 Å². The lowest BCUT2D eigenvalue weighted by molar-refractivity contribution is 0.0714. The Labute approximate surface area is 144 Å². The number of benzene rings is 2. The molecule has 0 radical (unpaired) electrons. The minimum Gasteiger partial charge on any atom is -0.497 e. The van der Waals surface area contributed by atoms with Crippen molar-refractivity contribution in [1.29, 1.82) is 0 Å². The van der Waals surface area contributed by atoms with Gasteiger partial charge in [0.25, 0.3) is 5.91 Å². The second kappa shape index (κ2) is 7.52. The summed E-state index contributed by atoms with van der Waals surface area (Å²) in [7, 11) is 1.63. The lowest BCUT2D eigenvalue weighted by Crippen LogP contribution is -2.39. The van der Waals surface area contributed by atoms with Gasteiger partial charge in [0.2, 0.25) is 0 Å². The molecule has 2 aromatic rings. The fourth-order valence-electron chi connectivity index (χ4n) is 3.82. The van der Waals surface area contributed by atoms with Gasteiger partial charge in [-0.05, 0) is 43.0 Å². The van der Waals surface area contributed by atoms with Crippen LogP contribution in [-0.4, -0.2) is 30.5 Å². The van der Waals surface area contributed by atoms with Crippen LogP contribution in [0.15, 0.2) is 54.6 Å². The molecule has 24 heavy (non-hydrogen) atoms. The van der Waals surface area contributed by atoms with Crippen molar-refractivity contribution in [3.8, 4) is 5.75 Å². The molecule has 1 aliphatic heterocycles. The van der Waals surface area contributed by atoms with Crippen LogP contribution in [0, 0.1) is 0 Å². The molecular formula is C21H25NO2. The molecule has 0 bridgehead atoms. The summed E-state index contributed by atoms with van der Waals surface area (Å²) in [5.74, 6) is 1.24. The summed E-state index contributed by atoms with van der Waals surface area (Å²) in [6.07, 6.45) is 3.18. The van der Waals surface area contributed by atoms with Crippen molar-refractivity contribution in [1.82, 2.24) is 4.90 Å². The topological polar surface area (TPSA) is 29.5 Å². The number of likely N-dealkylation sites (tertiary alicyclic amines) is 1. The number of amides is 1. The Hall–Kier alpha value is -2.29. The van der Waals surface area contributed by atoms with Crippen LogP contribution in [-0.2, 0) is 0 Å². The lowest BCUT2D eigenvalue weighted by Gasteiger charge is -2.32. The molecule has 0 N–H and O–H groups in total.